The van der Waals surface area contributed by atoms with E-state index < -0.39 is 17.7 Å². The molecule has 0 saturated carbocycles. The molecule has 0 aliphatic carbocycles. The molecule has 31 heavy (non-hydrogen) atoms. The van der Waals surface area contributed by atoms with Gasteiger partial charge in [-0.05, 0) is 60.7 Å². The number of imide groups is 1. The first-order valence-electron chi connectivity index (χ1n) is 9.00. The lowest BCUT2D eigenvalue weighted by Gasteiger charge is -2.16. The number of halogens is 2. The Labute approximate surface area is 192 Å². The second-order valence-electron chi connectivity index (χ2n) is 6.57. The highest BCUT2D eigenvalue weighted by atomic mass is 35.5. The molecule has 1 heterocycles. The van der Waals surface area contributed by atoms with Gasteiger partial charge in [0.25, 0.3) is 17.7 Å². The normalized spacial score (nSPS) is 12.5. The number of carbonyl (C=O) groups is 3. The van der Waals surface area contributed by atoms with Crippen molar-refractivity contribution in [3.63, 3.8) is 0 Å². The molecule has 0 spiro atoms. The molecule has 4 rings (SSSR count). The summed E-state index contributed by atoms with van der Waals surface area (Å²) in [6.07, 6.45) is 0. The van der Waals surface area contributed by atoms with Crippen LogP contribution >= 0.6 is 35.4 Å². The van der Waals surface area contributed by atoms with Gasteiger partial charge in [-0.25, -0.2) is 4.90 Å². The van der Waals surface area contributed by atoms with E-state index in [-0.39, 0.29) is 10.1 Å². The number of anilines is 2. The van der Waals surface area contributed by atoms with E-state index in [1.165, 1.54) is 12.1 Å². The first kappa shape index (κ1) is 21.0. The number of hydrogen-bond donors (Lipinski definition) is 2. The highest BCUT2D eigenvalue weighted by Gasteiger charge is 2.36. The zero-order valence-electron chi connectivity index (χ0n) is 15.7. The number of carbonyl (C=O) groups excluding carboxylic acids is 3. The highest BCUT2D eigenvalue weighted by Crippen LogP contribution is 2.32. The zero-order chi connectivity index (χ0) is 22.1. The lowest BCUT2D eigenvalue weighted by molar-refractivity contribution is 0.0923. The minimum Gasteiger partial charge on any atom is -0.331 e. The second-order valence-corrected chi connectivity index (χ2v) is 7.83. The van der Waals surface area contributed by atoms with Crippen LogP contribution in [-0.4, -0.2) is 22.8 Å². The quantitative estimate of drug-likeness (QED) is 0.420. The fraction of sp³-hybridized carbons (Fsp3) is 0. The van der Waals surface area contributed by atoms with Gasteiger partial charge in [-0.1, -0.05) is 41.4 Å². The maximum absolute atomic E-state index is 12.6. The number of fused-ring (bicyclic) bond motifs is 1. The van der Waals surface area contributed by atoms with Gasteiger partial charge in [0.15, 0.2) is 5.11 Å². The molecule has 0 bridgehead atoms. The van der Waals surface area contributed by atoms with Gasteiger partial charge >= 0.3 is 0 Å². The summed E-state index contributed by atoms with van der Waals surface area (Å²) >= 11 is 17.4. The van der Waals surface area contributed by atoms with Crippen LogP contribution in [0.5, 0.6) is 0 Å². The Morgan fingerprint density at radius 1 is 0.871 bits per heavy atom. The van der Waals surface area contributed by atoms with Crippen LogP contribution in [0.1, 0.15) is 31.1 Å². The molecule has 3 aromatic rings. The first-order chi connectivity index (χ1) is 14.8. The van der Waals surface area contributed by atoms with Gasteiger partial charge in [0, 0.05) is 10.6 Å². The SMILES string of the molecule is O=C(NC(=S)Nc1ccc(N2C(=O)c3ccccc3C2=O)cc1Cl)c1cccc(Cl)c1. The van der Waals surface area contributed by atoms with E-state index in [2.05, 4.69) is 10.6 Å². The van der Waals surface area contributed by atoms with Crippen LogP contribution in [0.4, 0.5) is 11.4 Å². The third-order valence-corrected chi connectivity index (χ3v) is 5.32. The fourth-order valence-electron chi connectivity index (χ4n) is 3.13. The molecule has 0 radical (unpaired) electrons. The topological polar surface area (TPSA) is 78.5 Å². The van der Waals surface area contributed by atoms with Gasteiger partial charge in [0.05, 0.1) is 27.5 Å². The Bertz CT molecular complexity index is 1230. The molecule has 0 atom stereocenters. The maximum Gasteiger partial charge on any atom is 0.266 e. The monoisotopic (exact) mass is 469 g/mol. The van der Waals surface area contributed by atoms with E-state index in [0.717, 1.165) is 4.90 Å². The molecule has 2 N–H and O–H groups in total. The maximum atomic E-state index is 12.6. The highest BCUT2D eigenvalue weighted by molar-refractivity contribution is 7.80. The summed E-state index contributed by atoms with van der Waals surface area (Å²) < 4.78 is 0. The number of thiocarbonyl (C=S) groups is 1. The predicted molar refractivity (Wildman–Crippen MR) is 124 cm³/mol. The van der Waals surface area contributed by atoms with Crippen LogP contribution in [0.25, 0.3) is 0 Å². The van der Waals surface area contributed by atoms with Gasteiger partial charge < -0.3 is 5.32 Å². The number of hydrogen-bond acceptors (Lipinski definition) is 4. The van der Waals surface area contributed by atoms with E-state index >= 15 is 0 Å². The molecular formula is C22H13Cl2N3O3S. The third-order valence-electron chi connectivity index (χ3n) is 4.57. The number of benzene rings is 3. The molecule has 154 valence electrons. The first-order valence-corrected chi connectivity index (χ1v) is 10.2. The summed E-state index contributed by atoms with van der Waals surface area (Å²) in [4.78, 5) is 38.6. The average Bonchev–Trinajstić information content (AvgIpc) is 3.00. The Hall–Kier alpha value is -3.26. The molecule has 0 fully saturated rings. The number of rotatable bonds is 3. The summed E-state index contributed by atoms with van der Waals surface area (Å²) in [5, 5.41) is 6.04. The van der Waals surface area contributed by atoms with Gasteiger partial charge in [-0.3, -0.25) is 19.7 Å². The van der Waals surface area contributed by atoms with Crippen molar-refractivity contribution in [1.29, 1.82) is 0 Å². The van der Waals surface area contributed by atoms with Crippen LogP contribution in [0.3, 0.4) is 0 Å². The van der Waals surface area contributed by atoms with Gasteiger partial charge in [0.1, 0.15) is 0 Å². The minimum absolute atomic E-state index is 0.0281. The van der Waals surface area contributed by atoms with Crippen LogP contribution in [-0.2, 0) is 0 Å². The predicted octanol–water partition coefficient (Wildman–Crippen LogP) is 4.92. The smallest absolute Gasteiger partial charge is 0.266 e. The number of amides is 3. The molecular weight excluding hydrogens is 457 g/mol. The largest absolute Gasteiger partial charge is 0.331 e. The molecule has 9 heteroatoms. The van der Waals surface area contributed by atoms with E-state index in [4.69, 9.17) is 35.4 Å². The zero-order valence-corrected chi connectivity index (χ0v) is 18.0. The molecule has 3 aromatic carbocycles. The van der Waals surface area contributed by atoms with Crippen molar-refractivity contribution in [2.75, 3.05) is 10.2 Å². The van der Waals surface area contributed by atoms with E-state index in [1.54, 1.807) is 54.6 Å². The molecule has 1 aliphatic heterocycles. The van der Waals surface area contributed by atoms with Crippen LogP contribution in [0.2, 0.25) is 10.0 Å². The van der Waals surface area contributed by atoms with Crippen LogP contribution < -0.4 is 15.5 Å². The molecule has 1 aliphatic rings. The molecule has 0 aromatic heterocycles. The fourth-order valence-corrected chi connectivity index (χ4v) is 3.74. The van der Waals surface area contributed by atoms with Crippen molar-refractivity contribution in [3.8, 4) is 0 Å². The van der Waals surface area contributed by atoms with E-state index in [9.17, 15) is 14.4 Å². The van der Waals surface area contributed by atoms with E-state index in [1.807, 2.05) is 0 Å². The summed E-state index contributed by atoms with van der Waals surface area (Å²) in [6, 6.07) is 17.7. The van der Waals surface area contributed by atoms with Crippen molar-refractivity contribution >= 4 is 69.6 Å². The van der Waals surface area contributed by atoms with Crippen molar-refractivity contribution in [2.45, 2.75) is 0 Å². The Morgan fingerprint density at radius 3 is 2.16 bits per heavy atom. The Morgan fingerprint density at radius 2 is 1.55 bits per heavy atom. The van der Waals surface area contributed by atoms with Crippen LogP contribution in [0.15, 0.2) is 66.7 Å². The number of nitrogens with one attached hydrogen (secondary N) is 2. The lowest BCUT2D eigenvalue weighted by Crippen LogP contribution is -2.34. The Kier molecular flexibility index (Phi) is 5.73. The standard InChI is InChI=1S/C22H13Cl2N3O3S/c23-13-5-3-4-12(10-13)19(28)26-22(31)25-18-9-8-14(11-17(18)24)27-20(29)15-6-1-2-7-16(15)21(27)30/h1-11H,(H2,25,26,28,31). The third kappa shape index (κ3) is 4.16. The van der Waals surface area contributed by atoms with Crippen molar-refractivity contribution in [3.05, 3.63) is 93.5 Å². The van der Waals surface area contributed by atoms with E-state index in [0.29, 0.717) is 33.1 Å². The van der Waals surface area contributed by atoms with Crippen LogP contribution in [0, 0.1) is 0 Å². The summed E-state index contributed by atoms with van der Waals surface area (Å²) in [5.41, 5.74) is 1.77. The van der Waals surface area contributed by atoms with Crippen molar-refractivity contribution in [2.24, 2.45) is 0 Å². The van der Waals surface area contributed by atoms with Crippen molar-refractivity contribution in [1.82, 2.24) is 5.32 Å². The average molecular weight is 470 g/mol. The summed E-state index contributed by atoms with van der Waals surface area (Å²) in [6.45, 7) is 0. The minimum atomic E-state index is -0.432. The van der Waals surface area contributed by atoms with Crippen molar-refractivity contribution < 1.29 is 14.4 Å². The summed E-state index contributed by atoms with van der Waals surface area (Å²) in [7, 11) is 0. The van der Waals surface area contributed by atoms with Gasteiger partial charge in [0.2, 0.25) is 0 Å². The summed E-state index contributed by atoms with van der Waals surface area (Å²) in [5.74, 6) is -1.26. The lowest BCUT2D eigenvalue weighted by atomic mass is 10.1. The molecule has 6 nitrogen and oxygen atoms in total. The second kappa shape index (κ2) is 8.47. The van der Waals surface area contributed by atoms with Gasteiger partial charge in [-0.2, -0.15) is 0 Å². The molecule has 0 unspecified atom stereocenters. The molecule has 0 saturated heterocycles. The van der Waals surface area contributed by atoms with Gasteiger partial charge in [-0.15, -0.1) is 0 Å². The Balaban J connectivity index is 1.48. The number of nitrogens with zero attached hydrogens (tertiary/aromatic N) is 1. The molecule has 3 amide bonds.